The summed E-state index contributed by atoms with van der Waals surface area (Å²) >= 11 is 1.96. The number of nitrogens with zero attached hydrogens (tertiary/aromatic N) is 6. The largest absolute Gasteiger partial charge is 0.512 e. The second-order valence-corrected chi connectivity index (χ2v) is 11.5. The first kappa shape index (κ1) is 51.1. The van der Waals surface area contributed by atoms with Crippen molar-refractivity contribution in [3.05, 3.63) is 74.9 Å². The molecular weight excluding hydrogens is 927 g/mol. The Hall–Kier alpha value is -6.06. The zero-order valence-corrected chi connectivity index (χ0v) is 35.3. The van der Waals surface area contributed by atoms with Crippen molar-refractivity contribution in [3.63, 3.8) is 0 Å². The highest BCUT2D eigenvalue weighted by Gasteiger charge is 2.15. The van der Waals surface area contributed by atoms with Gasteiger partial charge in [-0.05, 0) is 56.3 Å². The summed E-state index contributed by atoms with van der Waals surface area (Å²) in [7, 11) is 0. The second-order valence-electron chi connectivity index (χ2n) is 11.5. The van der Waals surface area contributed by atoms with E-state index in [4.69, 9.17) is 35.4 Å². The van der Waals surface area contributed by atoms with Crippen LogP contribution in [0, 0.1) is 0 Å². The molecule has 0 aliphatic heterocycles. The number of aliphatic hydroxyl groups excluding tert-OH is 1. The van der Waals surface area contributed by atoms with E-state index in [2.05, 4.69) is 29.6 Å². The van der Waals surface area contributed by atoms with Crippen LogP contribution in [0.4, 0.5) is 14.4 Å². The van der Waals surface area contributed by atoms with Gasteiger partial charge in [0, 0.05) is 26.2 Å². The van der Waals surface area contributed by atoms with Crippen molar-refractivity contribution in [2.45, 2.75) is 51.4 Å². The molecular formula is C36H51IN8O16+2. The number of nitrogens with one attached hydrogen (secondary N) is 2. The lowest BCUT2D eigenvalue weighted by Gasteiger charge is -2.07. The van der Waals surface area contributed by atoms with E-state index in [1.54, 1.807) is 37.3 Å². The van der Waals surface area contributed by atoms with Crippen LogP contribution >= 0.6 is 22.6 Å². The Bertz CT molecular complexity index is 1690. The minimum Gasteiger partial charge on any atom is -0.464 e. The van der Waals surface area contributed by atoms with Gasteiger partial charge in [0.05, 0.1) is 26.4 Å². The number of hydrogen-bond acceptors (Lipinski definition) is 18. The smallest absolute Gasteiger partial charge is 0.464 e. The lowest BCUT2D eigenvalue weighted by atomic mass is 10.2. The van der Waals surface area contributed by atoms with Crippen LogP contribution in [0.25, 0.3) is 0 Å². The third-order valence-electron chi connectivity index (χ3n) is 7.03. The number of unbranched alkanes of at least 4 members (excludes halogenated alkanes) is 6. The lowest BCUT2D eigenvalue weighted by molar-refractivity contribution is -0.377. The van der Waals surface area contributed by atoms with E-state index < -0.39 is 62.5 Å². The molecule has 0 saturated carbocycles. The number of imidazole rings is 4. The summed E-state index contributed by atoms with van der Waals surface area (Å²) in [4.78, 5) is 95.6. The van der Waals surface area contributed by atoms with Crippen molar-refractivity contribution in [1.29, 1.82) is 0 Å². The van der Waals surface area contributed by atoms with Crippen molar-refractivity contribution >= 4 is 64.7 Å². The van der Waals surface area contributed by atoms with E-state index in [0.29, 0.717) is 30.6 Å². The number of hydrogen-bond donors (Lipinski definition) is 2. The summed E-state index contributed by atoms with van der Waals surface area (Å²) in [5.41, 5.74) is 0. The van der Waals surface area contributed by atoms with Crippen LogP contribution in [0.15, 0.2) is 74.9 Å². The lowest BCUT2D eigenvalue weighted by Crippen LogP contribution is -2.20. The van der Waals surface area contributed by atoms with Crippen LogP contribution in [0.1, 0.15) is 52.7 Å². The summed E-state index contributed by atoms with van der Waals surface area (Å²) < 4.78 is 40.1. The van der Waals surface area contributed by atoms with E-state index in [0.717, 1.165) is 34.8 Å². The Kier molecular flexibility index (Phi) is 29.1. The average Bonchev–Trinajstić information content (AvgIpc) is 4.13. The summed E-state index contributed by atoms with van der Waals surface area (Å²) in [6, 6.07) is -0.159. The highest BCUT2D eigenvalue weighted by Crippen LogP contribution is 2.03. The number of carbonyl (C=O) groups is 7. The van der Waals surface area contributed by atoms with Crippen molar-refractivity contribution in [2.24, 2.45) is 0 Å². The summed E-state index contributed by atoms with van der Waals surface area (Å²) in [6.45, 7) is -1.01. The van der Waals surface area contributed by atoms with Gasteiger partial charge in [-0.3, -0.25) is 5.26 Å². The first-order valence-corrected chi connectivity index (χ1v) is 19.9. The third-order valence-corrected chi connectivity index (χ3v) is 7.03. The molecule has 61 heavy (non-hydrogen) atoms. The third kappa shape index (κ3) is 25.9. The van der Waals surface area contributed by atoms with Gasteiger partial charge in [0.25, 0.3) is 12.7 Å². The molecule has 0 aliphatic carbocycles. The van der Waals surface area contributed by atoms with Crippen molar-refractivity contribution in [3.8, 4) is 0 Å². The van der Waals surface area contributed by atoms with Crippen LogP contribution in [0.2, 0.25) is 0 Å². The molecule has 4 heterocycles. The zero-order chi connectivity index (χ0) is 45.6. The fraction of sp³-hybridized carbons (Fsp3) is 0.472. The topological polar surface area (TPSA) is 298 Å². The zero-order valence-electron chi connectivity index (χ0n) is 34.1. The number of aromatic nitrogens is 8. The number of carbonyl (C=O) groups excluding carboxylic acids is 7. The monoisotopic (exact) mass is 979 g/mol. The second kappa shape index (κ2) is 34.8. The van der Waals surface area contributed by atoms with Crippen molar-refractivity contribution < 1.29 is 88.6 Å². The number of halogens is 1. The minimum atomic E-state index is -0.711. The predicted octanol–water partition coefficient (Wildman–Crippen LogP) is 2.00. The van der Waals surface area contributed by atoms with Gasteiger partial charge < -0.3 is 33.5 Å². The summed E-state index contributed by atoms with van der Waals surface area (Å²) in [5, 5.41) is 16.3. The van der Waals surface area contributed by atoms with Gasteiger partial charge in [0.1, 0.15) is 44.0 Å². The van der Waals surface area contributed by atoms with Gasteiger partial charge >= 0.3 is 42.1 Å². The molecule has 0 aromatic carbocycles. The molecule has 0 radical (unpaired) electrons. The number of H-pyrrole nitrogens is 2. The van der Waals surface area contributed by atoms with Gasteiger partial charge in [-0.1, -0.05) is 22.6 Å². The molecule has 25 heteroatoms. The molecule has 336 valence electrons. The number of aromatic amines is 2. The fourth-order valence-corrected chi connectivity index (χ4v) is 4.16. The Morgan fingerprint density at radius 3 is 1.38 bits per heavy atom. The molecule has 0 unspecified atom stereocenters. The first-order valence-electron chi connectivity index (χ1n) is 19.0. The molecule has 4 N–H and O–H groups in total. The minimum absolute atomic E-state index is 0.159. The number of ether oxygens (including phenoxy) is 6. The molecule has 4 rings (SSSR count). The number of aliphatic hydroxyl groups is 1. The molecule has 0 atom stereocenters. The molecule has 24 nitrogen and oxygen atoms in total. The quantitative estimate of drug-likeness (QED) is 0.0229. The molecule has 0 fully saturated rings. The van der Waals surface area contributed by atoms with Gasteiger partial charge in [0.2, 0.25) is 0 Å². The normalized spacial score (nSPS) is 10.1. The SMILES string of the molecule is O=C(CO)OCCCCCCOC(=O)COO.O=C(COC(=O)n1ccnc1)OCCCCCCOC(=O)COC(=O)n1cc[nH+]c1.O=C(n1ccnc1)n1cc[nH+]c1.[2H]CI. The first-order chi connectivity index (χ1) is 30.1. The number of rotatable bonds is 21. The summed E-state index contributed by atoms with van der Waals surface area (Å²) in [5.74, 6) is -2.49. The van der Waals surface area contributed by atoms with E-state index in [-0.39, 0.29) is 32.5 Å². The highest BCUT2D eigenvalue weighted by atomic mass is 127. The van der Waals surface area contributed by atoms with Crippen LogP contribution in [-0.2, 0) is 52.5 Å². The standard InChI is InChI=1S/C18H22N4O8.C10H18O7.C7H6N4O.CH3I/c23-15(11-29-17(25)21-7-5-19-13-21)27-9-3-1-2-4-10-28-16(24)12-30-18(26)22-8-6-20-14-22;11-7-9(12)15-5-3-1-2-4-6-16-10(13)8-17-14;12-7(10-3-1-8-5-10)11-4-2-9-6-11;1-2/h5-8,13-14H,1-4,9-12H2;11,14H,1-8H2;1-6H;1H3/p+2/i;;;1D. The molecule has 4 aromatic rings. The molecule has 0 aliphatic rings. The van der Waals surface area contributed by atoms with Gasteiger partial charge in [-0.15, -0.1) is 4.57 Å². The van der Waals surface area contributed by atoms with E-state index in [9.17, 15) is 33.6 Å². The Balaban J connectivity index is 0.000000502. The Labute approximate surface area is 364 Å². The van der Waals surface area contributed by atoms with Crippen molar-refractivity contribution in [1.82, 2.24) is 28.2 Å². The Morgan fingerprint density at radius 1 is 0.574 bits per heavy atom. The van der Waals surface area contributed by atoms with Crippen LogP contribution in [0.5, 0.6) is 0 Å². The van der Waals surface area contributed by atoms with Crippen LogP contribution in [-0.4, -0.2) is 138 Å². The Morgan fingerprint density at radius 2 is 0.984 bits per heavy atom. The van der Waals surface area contributed by atoms with E-state index in [1.807, 2.05) is 22.6 Å². The number of esters is 4. The van der Waals surface area contributed by atoms with E-state index in [1.165, 1.54) is 46.7 Å². The van der Waals surface area contributed by atoms with Crippen LogP contribution < -0.4 is 9.97 Å². The predicted molar refractivity (Wildman–Crippen MR) is 212 cm³/mol. The average molecular weight is 980 g/mol. The number of alkyl halides is 1. The molecule has 0 saturated heterocycles. The maximum absolute atomic E-state index is 11.5. The fourth-order valence-electron chi connectivity index (χ4n) is 4.16. The molecule has 0 bridgehead atoms. The highest BCUT2D eigenvalue weighted by molar-refractivity contribution is 14.1. The van der Waals surface area contributed by atoms with E-state index >= 15 is 0 Å². The maximum atomic E-state index is 11.5. The van der Waals surface area contributed by atoms with Gasteiger partial charge in [0.15, 0.2) is 19.8 Å². The maximum Gasteiger partial charge on any atom is 0.512 e. The molecule has 4 aromatic heterocycles. The molecule has 0 amide bonds. The van der Waals surface area contributed by atoms with Crippen LogP contribution in [0.3, 0.4) is 0 Å². The van der Waals surface area contributed by atoms with Crippen molar-refractivity contribution in [2.75, 3.05) is 57.8 Å². The van der Waals surface area contributed by atoms with Gasteiger partial charge in [-0.25, -0.2) is 62.7 Å². The summed E-state index contributed by atoms with van der Waals surface area (Å²) in [6.07, 6.45) is 22.4. The molecule has 0 spiro atoms. The van der Waals surface area contributed by atoms with Gasteiger partial charge in [-0.2, -0.15) is 9.36 Å².